The Hall–Kier alpha value is -1.84. The highest BCUT2D eigenvalue weighted by atomic mass is 16.5. The molecule has 4 heteroatoms. The molecular formula is C9H9N3O. The fraction of sp³-hybridized carbons (Fsp3) is 0.111. The Morgan fingerprint density at radius 2 is 2.08 bits per heavy atom. The van der Waals surface area contributed by atoms with Gasteiger partial charge < -0.3 is 9.72 Å². The van der Waals surface area contributed by atoms with Gasteiger partial charge in [-0.15, -0.1) is 0 Å². The van der Waals surface area contributed by atoms with Crippen molar-refractivity contribution in [3.8, 4) is 17.3 Å². The molecular weight excluding hydrogens is 166 g/mol. The number of aromatic amines is 1. The summed E-state index contributed by atoms with van der Waals surface area (Å²) in [5, 5.41) is 0. The maximum Gasteiger partial charge on any atom is 0.316 e. The van der Waals surface area contributed by atoms with Crippen molar-refractivity contribution in [2.24, 2.45) is 0 Å². The molecule has 2 aromatic rings. The molecule has 0 aromatic carbocycles. The molecule has 0 saturated carbocycles. The summed E-state index contributed by atoms with van der Waals surface area (Å²) in [6, 6.07) is 4.28. The van der Waals surface area contributed by atoms with E-state index in [4.69, 9.17) is 4.74 Å². The van der Waals surface area contributed by atoms with Crippen molar-refractivity contribution in [1.29, 1.82) is 0 Å². The SMILES string of the molecule is COc1ncc(-c2ccc[nH]2)cn1. The molecule has 0 saturated heterocycles. The summed E-state index contributed by atoms with van der Waals surface area (Å²) in [7, 11) is 1.55. The smallest absolute Gasteiger partial charge is 0.316 e. The van der Waals surface area contributed by atoms with E-state index in [1.54, 1.807) is 19.5 Å². The molecule has 0 aliphatic heterocycles. The monoisotopic (exact) mass is 175 g/mol. The molecule has 0 fully saturated rings. The van der Waals surface area contributed by atoms with Crippen molar-refractivity contribution < 1.29 is 4.74 Å². The van der Waals surface area contributed by atoms with Crippen molar-refractivity contribution in [1.82, 2.24) is 15.0 Å². The summed E-state index contributed by atoms with van der Waals surface area (Å²) in [5.41, 5.74) is 1.95. The Kier molecular flexibility index (Phi) is 1.96. The van der Waals surface area contributed by atoms with Crippen LogP contribution in [0.4, 0.5) is 0 Å². The molecule has 2 heterocycles. The summed E-state index contributed by atoms with van der Waals surface area (Å²) >= 11 is 0. The standard InChI is InChI=1S/C9H9N3O/c1-13-9-11-5-7(6-12-9)8-3-2-4-10-8/h2-6,10H,1H3. The number of hydrogen-bond donors (Lipinski definition) is 1. The van der Waals surface area contributed by atoms with Crippen molar-refractivity contribution in [3.63, 3.8) is 0 Å². The van der Waals surface area contributed by atoms with Gasteiger partial charge in [-0.25, -0.2) is 9.97 Å². The van der Waals surface area contributed by atoms with E-state index in [-0.39, 0.29) is 0 Å². The van der Waals surface area contributed by atoms with E-state index in [2.05, 4.69) is 15.0 Å². The zero-order chi connectivity index (χ0) is 9.10. The average molecular weight is 175 g/mol. The van der Waals surface area contributed by atoms with Gasteiger partial charge >= 0.3 is 6.01 Å². The first-order valence-electron chi connectivity index (χ1n) is 3.90. The lowest BCUT2D eigenvalue weighted by molar-refractivity contribution is 0.380. The molecule has 0 amide bonds. The van der Waals surface area contributed by atoms with E-state index in [9.17, 15) is 0 Å². The maximum absolute atomic E-state index is 4.85. The fourth-order valence-corrected chi connectivity index (χ4v) is 1.07. The predicted molar refractivity (Wildman–Crippen MR) is 48.4 cm³/mol. The number of methoxy groups -OCH3 is 1. The van der Waals surface area contributed by atoms with E-state index in [1.807, 2.05) is 18.3 Å². The Morgan fingerprint density at radius 1 is 1.31 bits per heavy atom. The topological polar surface area (TPSA) is 50.8 Å². The number of hydrogen-bond acceptors (Lipinski definition) is 3. The Bertz CT molecular complexity index is 366. The summed E-state index contributed by atoms with van der Waals surface area (Å²) in [5.74, 6) is 0. The Balaban J connectivity index is 2.33. The van der Waals surface area contributed by atoms with Crippen molar-refractivity contribution >= 4 is 0 Å². The van der Waals surface area contributed by atoms with Gasteiger partial charge in [-0.2, -0.15) is 0 Å². The van der Waals surface area contributed by atoms with E-state index >= 15 is 0 Å². The van der Waals surface area contributed by atoms with Crippen LogP contribution in [0.1, 0.15) is 0 Å². The van der Waals surface area contributed by atoms with E-state index in [1.165, 1.54) is 0 Å². The minimum Gasteiger partial charge on any atom is -0.467 e. The van der Waals surface area contributed by atoms with Gasteiger partial charge in [0.1, 0.15) is 0 Å². The maximum atomic E-state index is 4.85. The van der Waals surface area contributed by atoms with E-state index in [0.717, 1.165) is 11.3 Å². The van der Waals surface area contributed by atoms with Crippen LogP contribution in [-0.4, -0.2) is 22.1 Å². The molecule has 2 rings (SSSR count). The van der Waals surface area contributed by atoms with Crippen LogP contribution in [0.25, 0.3) is 11.3 Å². The van der Waals surface area contributed by atoms with Crippen LogP contribution in [0.2, 0.25) is 0 Å². The van der Waals surface area contributed by atoms with Crippen LogP contribution in [0, 0.1) is 0 Å². The van der Waals surface area contributed by atoms with Gasteiger partial charge in [0.2, 0.25) is 0 Å². The van der Waals surface area contributed by atoms with E-state index in [0.29, 0.717) is 6.01 Å². The van der Waals surface area contributed by atoms with Gasteiger partial charge in [0.15, 0.2) is 0 Å². The van der Waals surface area contributed by atoms with Crippen LogP contribution in [-0.2, 0) is 0 Å². The molecule has 13 heavy (non-hydrogen) atoms. The van der Waals surface area contributed by atoms with Gasteiger partial charge in [0, 0.05) is 29.8 Å². The summed E-state index contributed by atoms with van der Waals surface area (Å²) in [6.45, 7) is 0. The second-order valence-corrected chi connectivity index (χ2v) is 2.54. The number of rotatable bonds is 2. The number of H-pyrrole nitrogens is 1. The second-order valence-electron chi connectivity index (χ2n) is 2.54. The highest BCUT2D eigenvalue weighted by Gasteiger charge is 1.99. The lowest BCUT2D eigenvalue weighted by atomic mass is 10.2. The highest BCUT2D eigenvalue weighted by molar-refractivity contribution is 5.56. The highest BCUT2D eigenvalue weighted by Crippen LogP contribution is 2.15. The van der Waals surface area contributed by atoms with Gasteiger partial charge in [-0.05, 0) is 12.1 Å². The quantitative estimate of drug-likeness (QED) is 0.752. The van der Waals surface area contributed by atoms with Gasteiger partial charge in [0.05, 0.1) is 7.11 Å². The summed E-state index contributed by atoms with van der Waals surface area (Å²) in [4.78, 5) is 11.1. The van der Waals surface area contributed by atoms with Crippen molar-refractivity contribution in [2.45, 2.75) is 0 Å². The molecule has 2 aromatic heterocycles. The third kappa shape index (κ3) is 1.51. The molecule has 0 radical (unpaired) electrons. The zero-order valence-corrected chi connectivity index (χ0v) is 7.19. The second kappa shape index (κ2) is 3.26. The predicted octanol–water partition coefficient (Wildman–Crippen LogP) is 1.48. The first kappa shape index (κ1) is 7.79. The van der Waals surface area contributed by atoms with Crippen LogP contribution in [0.5, 0.6) is 6.01 Å². The van der Waals surface area contributed by atoms with Crippen LogP contribution in [0.3, 0.4) is 0 Å². The minimum absolute atomic E-state index is 0.385. The normalized spacial score (nSPS) is 9.92. The Labute approximate surface area is 75.6 Å². The first-order valence-corrected chi connectivity index (χ1v) is 3.90. The number of ether oxygens (including phenoxy) is 1. The van der Waals surface area contributed by atoms with Crippen LogP contribution < -0.4 is 4.74 Å². The molecule has 0 aliphatic rings. The summed E-state index contributed by atoms with van der Waals surface area (Å²) < 4.78 is 4.85. The van der Waals surface area contributed by atoms with Crippen molar-refractivity contribution in [2.75, 3.05) is 7.11 Å². The zero-order valence-electron chi connectivity index (χ0n) is 7.19. The third-order valence-corrected chi connectivity index (χ3v) is 1.72. The third-order valence-electron chi connectivity index (χ3n) is 1.72. The van der Waals surface area contributed by atoms with Gasteiger partial charge in [-0.1, -0.05) is 0 Å². The molecule has 0 bridgehead atoms. The minimum atomic E-state index is 0.385. The lowest BCUT2D eigenvalue weighted by Crippen LogP contribution is -1.91. The number of aromatic nitrogens is 3. The molecule has 66 valence electrons. The number of nitrogens with one attached hydrogen (secondary N) is 1. The lowest BCUT2D eigenvalue weighted by Gasteiger charge is -1.98. The molecule has 1 N–H and O–H groups in total. The van der Waals surface area contributed by atoms with Gasteiger partial charge in [0.25, 0.3) is 0 Å². The Morgan fingerprint density at radius 3 is 2.62 bits per heavy atom. The largest absolute Gasteiger partial charge is 0.467 e. The summed E-state index contributed by atoms with van der Waals surface area (Å²) in [6.07, 6.45) is 5.30. The van der Waals surface area contributed by atoms with Crippen LogP contribution >= 0.6 is 0 Å². The molecule has 0 spiro atoms. The van der Waals surface area contributed by atoms with Gasteiger partial charge in [-0.3, -0.25) is 0 Å². The van der Waals surface area contributed by atoms with Crippen LogP contribution in [0.15, 0.2) is 30.7 Å². The molecule has 0 aliphatic carbocycles. The molecule has 0 unspecified atom stereocenters. The number of nitrogens with zero attached hydrogens (tertiary/aromatic N) is 2. The van der Waals surface area contributed by atoms with Crippen molar-refractivity contribution in [3.05, 3.63) is 30.7 Å². The molecule has 0 atom stereocenters. The fourth-order valence-electron chi connectivity index (χ4n) is 1.07. The molecule has 4 nitrogen and oxygen atoms in total. The first-order chi connectivity index (χ1) is 6.40. The van der Waals surface area contributed by atoms with E-state index < -0.39 is 0 Å². The average Bonchev–Trinajstić information content (AvgIpc) is 2.71.